The fourth-order valence-corrected chi connectivity index (χ4v) is 1.65. The summed E-state index contributed by atoms with van der Waals surface area (Å²) in [6.07, 6.45) is 1.51. The maximum Gasteiger partial charge on any atom is 0.301 e. The van der Waals surface area contributed by atoms with Gasteiger partial charge in [0.05, 0.1) is 6.26 Å². The number of rotatable bonds is 5. The van der Waals surface area contributed by atoms with Crippen molar-refractivity contribution in [1.82, 2.24) is 10.3 Å². The van der Waals surface area contributed by atoms with Gasteiger partial charge in [-0.3, -0.25) is 15.1 Å². The molecule has 5 nitrogen and oxygen atoms in total. The van der Waals surface area contributed by atoms with Crippen LogP contribution >= 0.6 is 0 Å². The molecule has 1 aromatic heterocycles. The molecule has 1 heterocycles. The number of hydrogen-bond acceptors (Lipinski definition) is 4. The third-order valence-electron chi connectivity index (χ3n) is 3.16. The van der Waals surface area contributed by atoms with E-state index in [1.54, 1.807) is 6.07 Å². The summed E-state index contributed by atoms with van der Waals surface area (Å²) in [6, 6.07) is 2.23. The summed E-state index contributed by atoms with van der Waals surface area (Å²) in [4.78, 5) is 13.6. The van der Waals surface area contributed by atoms with Crippen LogP contribution in [0.3, 0.4) is 0 Å². The Hall–Kier alpha value is -1.33. The summed E-state index contributed by atoms with van der Waals surface area (Å²) in [5, 5.41) is 0. The van der Waals surface area contributed by atoms with E-state index < -0.39 is 5.91 Å². The SMILES string of the molecule is CC(C)C(C)N(C)Cc1ccoc1C(=O)NN. The van der Waals surface area contributed by atoms with E-state index in [1.807, 2.05) is 7.05 Å². The van der Waals surface area contributed by atoms with Crippen LogP contribution < -0.4 is 11.3 Å². The highest BCUT2D eigenvalue weighted by atomic mass is 16.3. The summed E-state index contributed by atoms with van der Waals surface area (Å²) in [7, 11) is 2.03. The average molecular weight is 239 g/mol. The normalized spacial score (nSPS) is 13.1. The fourth-order valence-electron chi connectivity index (χ4n) is 1.65. The minimum Gasteiger partial charge on any atom is -0.459 e. The Morgan fingerprint density at radius 3 is 2.71 bits per heavy atom. The summed E-state index contributed by atoms with van der Waals surface area (Å²) < 4.78 is 5.14. The van der Waals surface area contributed by atoms with Crippen LogP contribution in [-0.2, 0) is 6.54 Å². The third kappa shape index (κ3) is 3.31. The highest BCUT2D eigenvalue weighted by molar-refractivity contribution is 5.92. The second-order valence-corrected chi connectivity index (χ2v) is 4.65. The van der Waals surface area contributed by atoms with Crippen molar-refractivity contribution in [2.45, 2.75) is 33.4 Å². The van der Waals surface area contributed by atoms with Crippen LogP contribution in [0.15, 0.2) is 16.7 Å². The van der Waals surface area contributed by atoms with E-state index in [0.29, 0.717) is 18.5 Å². The Labute approximate surface area is 102 Å². The molecule has 96 valence electrons. The molecule has 0 aromatic carbocycles. The molecule has 1 rings (SSSR count). The molecule has 0 fully saturated rings. The fraction of sp³-hybridized carbons (Fsp3) is 0.583. The van der Waals surface area contributed by atoms with Crippen LogP contribution in [-0.4, -0.2) is 23.9 Å². The van der Waals surface area contributed by atoms with E-state index in [0.717, 1.165) is 5.56 Å². The molecule has 0 saturated carbocycles. The summed E-state index contributed by atoms with van der Waals surface area (Å²) in [6.45, 7) is 7.17. The van der Waals surface area contributed by atoms with Gasteiger partial charge in [0, 0.05) is 18.2 Å². The lowest BCUT2D eigenvalue weighted by Crippen LogP contribution is -2.34. The Kier molecular flexibility index (Phi) is 4.72. The van der Waals surface area contributed by atoms with Crippen molar-refractivity contribution in [3.8, 4) is 0 Å². The molecule has 0 radical (unpaired) electrons. The van der Waals surface area contributed by atoms with Crippen molar-refractivity contribution in [1.29, 1.82) is 0 Å². The predicted molar refractivity (Wildman–Crippen MR) is 66.1 cm³/mol. The quantitative estimate of drug-likeness (QED) is 0.462. The standard InChI is InChI=1S/C12H21N3O2/c1-8(2)9(3)15(4)7-10-5-6-17-11(10)12(16)14-13/h5-6,8-9H,7,13H2,1-4H3,(H,14,16). The largest absolute Gasteiger partial charge is 0.459 e. The molecule has 1 amide bonds. The van der Waals surface area contributed by atoms with Crippen molar-refractivity contribution in [2.24, 2.45) is 11.8 Å². The van der Waals surface area contributed by atoms with Gasteiger partial charge in [-0.15, -0.1) is 0 Å². The van der Waals surface area contributed by atoms with Gasteiger partial charge in [-0.2, -0.15) is 0 Å². The second-order valence-electron chi connectivity index (χ2n) is 4.65. The molecule has 1 atom stereocenters. The first-order valence-corrected chi connectivity index (χ1v) is 5.75. The zero-order valence-electron chi connectivity index (χ0n) is 10.9. The number of furan rings is 1. The van der Waals surface area contributed by atoms with Crippen LogP contribution in [0.5, 0.6) is 0 Å². The highest BCUT2D eigenvalue weighted by Gasteiger charge is 2.19. The Morgan fingerprint density at radius 2 is 2.18 bits per heavy atom. The monoisotopic (exact) mass is 239 g/mol. The number of hydrazine groups is 1. The van der Waals surface area contributed by atoms with Crippen LogP contribution in [0.1, 0.15) is 36.9 Å². The van der Waals surface area contributed by atoms with Crippen LogP contribution in [0.2, 0.25) is 0 Å². The minimum absolute atomic E-state index is 0.287. The number of carbonyl (C=O) groups excluding carboxylic acids is 1. The van der Waals surface area contributed by atoms with Gasteiger partial charge in [0.1, 0.15) is 0 Å². The topological polar surface area (TPSA) is 71.5 Å². The third-order valence-corrected chi connectivity index (χ3v) is 3.16. The summed E-state index contributed by atoms with van der Waals surface area (Å²) in [5.74, 6) is 5.55. The van der Waals surface area contributed by atoms with Crippen molar-refractivity contribution >= 4 is 5.91 Å². The molecule has 3 N–H and O–H groups in total. The average Bonchev–Trinajstić information content (AvgIpc) is 2.74. The molecule has 1 unspecified atom stereocenters. The van der Waals surface area contributed by atoms with Gasteiger partial charge in [0.2, 0.25) is 0 Å². The highest BCUT2D eigenvalue weighted by Crippen LogP contribution is 2.16. The first-order chi connectivity index (χ1) is 7.97. The number of nitrogens with zero attached hydrogens (tertiary/aromatic N) is 1. The molecule has 0 aliphatic rings. The van der Waals surface area contributed by atoms with Crippen LogP contribution in [0.4, 0.5) is 0 Å². The number of nitrogen functional groups attached to an aromatic ring is 1. The van der Waals surface area contributed by atoms with Crippen molar-refractivity contribution in [3.05, 3.63) is 23.7 Å². The molecule has 0 bridgehead atoms. The Morgan fingerprint density at radius 1 is 1.53 bits per heavy atom. The Bertz CT molecular complexity index is 374. The lowest BCUT2D eigenvalue weighted by atomic mass is 10.0. The molecule has 0 aliphatic carbocycles. The number of carbonyl (C=O) groups is 1. The van der Waals surface area contributed by atoms with Gasteiger partial charge in [0.25, 0.3) is 0 Å². The second kappa shape index (κ2) is 5.84. The van der Waals surface area contributed by atoms with Crippen molar-refractivity contribution < 1.29 is 9.21 Å². The van der Waals surface area contributed by atoms with E-state index in [-0.39, 0.29) is 5.76 Å². The molecule has 0 aliphatic heterocycles. The number of amides is 1. The minimum atomic E-state index is -0.393. The number of nitrogens with one attached hydrogen (secondary N) is 1. The van der Waals surface area contributed by atoms with Crippen LogP contribution in [0, 0.1) is 5.92 Å². The maximum atomic E-state index is 11.4. The van der Waals surface area contributed by atoms with Gasteiger partial charge < -0.3 is 4.42 Å². The lowest BCUT2D eigenvalue weighted by molar-refractivity contribution is 0.0922. The first kappa shape index (κ1) is 13.7. The van der Waals surface area contributed by atoms with Crippen LogP contribution in [0.25, 0.3) is 0 Å². The van der Waals surface area contributed by atoms with E-state index >= 15 is 0 Å². The Balaban J connectivity index is 2.75. The zero-order valence-corrected chi connectivity index (χ0v) is 10.9. The molecular weight excluding hydrogens is 218 g/mol. The lowest BCUT2D eigenvalue weighted by Gasteiger charge is -2.27. The molecule has 0 saturated heterocycles. The number of nitrogens with two attached hydrogens (primary N) is 1. The van der Waals surface area contributed by atoms with E-state index in [4.69, 9.17) is 10.3 Å². The van der Waals surface area contributed by atoms with E-state index in [2.05, 4.69) is 31.1 Å². The maximum absolute atomic E-state index is 11.4. The van der Waals surface area contributed by atoms with Gasteiger partial charge in [-0.1, -0.05) is 13.8 Å². The van der Waals surface area contributed by atoms with E-state index in [1.165, 1.54) is 6.26 Å². The molecule has 1 aromatic rings. The predicted octanol–water partition coefficient (Wildman–Crippen LogP) is 1.36. The smallest absolute Gasteiger partial charge is 0.301 e. The van der Waals surface area contributed by atoms with Gasteiger partial charge in [-0.05, 0) is 26.0 Å². The summed E-state index contributed by atoms with van der Waals surface area (Å²) in [5.41, 5.74) is 2.93. The van der Waals surface area contributed by atoms with Gasteiger partial charge in [0.15, 0.2) is 5.76 Å². The molecular formula is C12H21N3O2. The molecule has 0 spiro atoms. The van der Waals surface area contributed by atoms with E-state index in [9.17, 15) is 4.79 Å². The van der Waals surface area contributed by atoms with Crippen molar-refractivity contribution in [3.63, 3.8) is 0 Å². The van der Waals surface area contributed by atoms with Crippen molar-refractivity contribution in [2.75, 3.05) is 7.05 Å². The molecule has 17 heavy (non-hydrogen) atoms. The first-order valence-electron chi connectivity index (χ1n) is 5.75. The molecule has 5 heteroatoms. The van der Waals surface area contributed by atoms with Gasteiger partial charge in [-0.25, -0.2) is 5.84 Å². The zero-order chi connectivity index (χ0) is 13.0. The summed E-state index contributed by atoms with van der Waals surface area (Å²) >= 11 is 0. The number of hydrogen-bond donors (Lipinski definition) is 2. The van der Waals surface area contributed by atoms with Gasteiger partial charge >= 0.3 is 5.91 Å².